The number of allylic oxidation sites excluding steroid dienone is 3. The molecule has 24 N–H and O–H groups in total. The van der Waals surface area contributed by atoms with Crippen LogP contribution in [0.3, 0.4) is 0 Å². The molecule has 9 saturated heterocycles. The average molecular weight is 2080 g/mol. The Morgan fingerprint density at radius 1 is 0.497 bits per heavy atom. The summed E-state index contributed by atoms with van der Waals surface area (Å²) in [6.07, 6.45) is -61.6. The maximum Gasteiger partial charge on any atom is 0.336 e. The van der Waals surface area contributed by atoms with Gasteiger partial charge in [-0.2, -0.15) is 0 Å². The van der Waals surface area contributed by atoms with Crippen molar-refractivity contribution in [3.8, 4) is 0 Å². The normalized spacial score (nSPS) is 49.0. The van der Waals surface area contributed by atoms with E-state index >= 15 is 9.59 Å². The fraction of sp³-hybridized carbons (Fsp3) is 0.878. The van der Waals surface area contributed by atoms with Gasteiger partial charge in [-0.1, -0.05) is 78.3 Å². The van der Waals surface area contributed by atoms with Crippen molar-refractivity contribution >= 4 is 23.8 Å². The monoisotopic (exact) mass is 2080 g/mol. The van der Waals surface area contributed by atoms with E-state index in [1.807, 2.05) is 6.92 Å². The third-order valence-electron chi connectivity index (χ3n) is 34.7. The summed E-state index contributed by atoms with van der Waals surface area (Å²) in [4.78, 5) is 58.6. The van der Waals surface area contributed by atoms with Crippen molar-refractivity contribution in [2.75, 3.05) is 46.2 Å². The lowest BCUT2D eigenvalue weighted by atomic mass is 9.33. The largest absolute Gasteiger partial charge is 0.458 e. The van der Waals surface area contributed by atoms with E-state index in [1.165, 1.54) is 45.9 Å². The van der Waals surface area contributed by atoms with Crippen LogP contribution < -0.4 is 5.32 Å². The molecule has 14 rings (SSSR count). The number of hydrogen-bond acceptors (Lipinski definition) is 46. The molecule has 0 bridgehead atoms. The molecule has 47 heteroatoms. The molecule has 13 fully saturated rings. The summed E-state index contributed by atoms with van der Waals surface area (Å²) >= 11 is 0. The SMILES string of the molecule is C=CC(C)(O)CCC1OCC1C(=O)O[C@@H]1C(C)O[C@@H](O[C@](C)(C=C)CCC=C(CO)C(=O)O[C@H]2C[C@@]3(C(=O)O[C@@H]4OC(CO)[C@@H](O)[C@H](O)C4O[C@@H]4OC(C)[C@H](O[C@@H]5O[C@@H](CO)[C@H](O)[C@@H]5O)C(O[C@@H]5OC(CO)[C@@H](O)[C@H](O)C5O)[C@@H]4O)C(CC2(C)C)C2=CCC4[C@@]5(C)CC[C@H](O[C@@H]6OC(CO[C@@H]7OC(C)[C@H](O)[C@H](O)C7O[C@@H]7OC[C@@H](O)[C@H](O)C7O)[C@@H](O)[C@H](O)C6NC(C)=O)C(C)(C)C5CC[C@@]4(C)[C@]2(C)C[C@H]3O)C(O)[C@H]1O. The minimum atomic E-state index is -2.29. The van der Waals surface area contributed by atoms with Gasteiger partial charge in [0.1, 0.15) is 170 Å². The van der Waals surface area contributed by atoms with Gasteiger partial charge in [0.2, 0.25) is 12.2 Å². The molecule has 1 amide bonds. The fourth-order valence-electron chi connectivity index (χ4n) is 25.2. The highest BCUT2D eigenvalue weighted by molar-refractivity contribution is 5.89. The van der Waals surface area contributed by atoms with Gasteiger partial charge in [-0.25, -0.2) is 4.79 Å². The highest BCUT2D eigenvalue weighted by Crippen LogP contribution is 2.76. The Balaban J connectivity index is 0.741. The number of aliphatic hydroxyl groups is 23. The molecule has 9 heterocycles. The minimum Gasteiger partial charge on any atom is -0.458 e. The first-order chi connectivity index (χ1) is 68.0. The van der Waals surface area contributed by atoms with Crippen LogP contribution in [0.25, 0.3) is 0 Å². The summed E-state index contributed by atoms with van der Waals surface area (Å²) in [6.45, 7) is 25.5. The Morgan fingerprint density at radius 3 is 1.66 bits per heavy atom. The smallest absolute Gasteiger partial charge is 0.336 e. The first-order valence-electron chi connectivity index (χ1n) is 50.4. The van der Waals surface area contributed by atoms with Crippen molar-refractivity contribution in [3.05, 3.63) is 48.6 Å². The van der Waals surface area contributed by atoms with E-state index in [9.17, 15) is 127 Å². The van der Waals surface area contributed by atoms with Crippen LogP contribution in [-0.4, -0.2) is 457 Å². The van der Waals surface area contributed by atoms with E-state index in [4.69, 9.17) is 90.0 Å². The number of carbonyl (C=O) groups excluding carboxylic acids is 4. The molecular weight excluding hydrogens is 1930 g/mol. The Morgan fingerprint density at radius 2 is 1.04 bits per heavy atom. The Bertz CT molecular complexity index is 4470. The standard InChI is InChI=1S/C98H155NO46/c1-16-93(11,126)26-22-48-44(36-127-48)81(124)139-75-40(4)132-87(73(121)69(75)117)145-94(12,17-2)25-18-19-43(32-100)80(123)137-57-31-98(90(125)144-89-79(68(116)62(110)50(34-102)135-89)143-86-74(122)77(141-85-72(120)66(114)61(109)49(33-101)133-85)76(41(5)131-86)140-84-71(119)63(111)51(35-103)134-84)46(29-91(57,7)8)45-20-21-54-95(13)27-24-56(92(9,10)53(95)23-28-96(54,14)97(45,15)30-55(98)106)138-82-58(99-42(6)104)65(113)64(112)52(136-82)38-129-88-78(67(115)59(107)39(3)130-88)142-83-70(118)60(108)47(105)37-128-83/h16-17,19-20,39-41,44,46-79,82-89,100-103,105-122,126H,1-2,18,21-38H2,3-15H3,(H,99,104)/t39?,40?,41?,44?,46?,47-,48?,49?,50?,51+,52?,53?,54?,55-,56+,57+,58?,59+,60+,61-,62-,63+,64-,65-,66+,67+,68+,69-,70?,71+,72?,73?,74+,75-,76+,77?,78?,79?,82+,83+,84+,85+,86+,87+,88-,89+,93?,94-,95+,96-,97-,98-/m1/s1. The molecule has 145 heavy (non-hydrogen) atoms. The van der Waals surface area contributed by atoms with Gasteiger partial charge in [0, 0.05) is 18.8 Å². The van der Waals surface area contributed by atoms with Crippen LogP contribution in [0.5, 0.6) is 0 Å². The number of carbonyl (C=O) groups is 4. The first kappa shape index (κ1) is 116. The van der Waals surface area contributed by atoms with Crippen molar-refractivity contribution in [3.63, 3.8) is 0 Å². The van der Waals surface area contributed by atoms with Gasteiger partial charge >= 0.3 is 17.9 Å². The van der Waals surface area contributed by atoms with E-state index in [0.717, 1.165) is 5.57 Å². The molecule has 19 unspecified atom stereocenters. The van der Waals surface area contributed by atoms with Crippen molar-refractivity contribution < 1.29 is 227 Å². The summed E-state index contributed by atoms with van der Waals surface area (Å²) in [5.74, 6) is -5.86. The van der Waals surface area contributed by atoms with E-state index in [-0.39, 0.29) is 56.1 Å². The van der Waals surface area contributed by atoms with Crippen molar-refractivity contribution in [1.29, 1.82) is 0 Å². The highest BCUT2D eigenvalue weighted by Gasteiger charge is 2.74. The predicted octanol–water partition coefficient (Wildman–Crippen LogP) is -5.82. The zero-order valence-corrected chi connectivity index (χ0v) is 83.9. The second-order valence-corrected chi connectivity index (χ2v) is 44.8. The maximum absolute atomic E-state index is 16.9. The fourth-order valence-corrected chi connectivity index (χ4v) is 25.2. The van der Waals surface area contributed by atoms with Gasteiger partial charge in [0.25, 0.3) is 0 Å². The molecule has 47 nitrogen and oxygen atoms in total. The van der Waals surface area contributed by atoms with Crippen LogP contribution in [0.1, 0.15) is 167 Å². The Labute approximate surface area is 839 Å². The first-order valence-corrected chi connectivity index (χ1v) is 50.4. The van der Waals surface area contributed by atoms with Gasteiger partial charge in [-0.05, 0) is 145 Å². The minimum absolute atomic E-state index is 0.0207. The number of aliphatic hydroxyl groups excluding tert-OH is 22. The summed E-state index contributed by atoms with van der Waals surface area (Å²) in [6, 6.07) is -1.38. The van der Waals surface area contributed by atoms with Crippen LogP contribution in [0.4, 0.5) is 0 Å². The molecule has 828 valence electrons. The third kappa shape index (κ3) is 22.3. The van der Waals surface area contributed by atoms with Gasteiger partial charge in [-0.3, -0.25) is 14.4 Å². The molecule has 0 spiro atoms. The lowest BCUT2D eigenvalue weighted by Crippen LogP contribution is -2.70. The van der Waals surface area contributed by atoms with Crippen LogP contribution in [0, 0.1) is 56.2 Å². The third-order valence-corrected chi connectivity index (χ3v) is 34.7. The molecule has 0 aromatic rings. The second-order valence-electron chi connectivity index (χ2n) is 44.8. The number of amides is 1. The molecule has 9 aliphatic heterocycles. The van der Waals surface area contributed by atoms with Crippen LogP contribution >= 0.6 is 0 Å². The van der Waals surface area contributed by atoms with Crippen molar-refractivity contribution in [1.82, 2.24) is 5.32 Å². The quantitative estimate of drug-likeness (QED) is 0.00938. The number of fused-ring (bicyclic) bond motifs is 7. The number of ether oxygens (including phenoxy) is 19. The van der Waals surface area contributed by atoms with E-state index < -0.39 is 383 Å². The molecule has 0 aromatic carbocycles. The number of esters is 3. The van der Waals surface area contributed by atoms with Crippen molar-refractivity contribution in [2.24, 2.45) is 56.2 Å². The number of hydrogen-bond donors (Lipinski definition) is 24. The lowest BCUT2D eigenvalue weighted by Gasteiger charge is -2.72. The van der Waals surface area contributed by atoms with Crippen molar-refractivity contribution in [2.45, 2.75) is 436 Å². The van der Waals surface area contributed by atoms with Gasteiger partial charge < -0.3 is 213 Å². The van der Waals surface area contributed by atoms with Gasteiger partial charge in [0.05, 0.1) is 99.6 Å². The molecule has 0 aromatic heterocycles. The second kappa shape index (κ2) is 45.4. The lowest BCUT2D eigenvalue weighted by molar-refractivity contribution is -0.390. The molecule has 14 aliphatic rings. The van der Waals surface area contributed by atoms with Crippen LogP contribution in [-0.2, 0) is 109 Å². The average Bonchev–Trinajstić information content (AvgIpc) is 1.15. The van der Waals surface area contributed by atoms with Crippen LogP contribution in [0.2, 0.25) is 0 Å². The van der Waals surface area contributed by atoms with E-state index in [0.29, 0.717) is 38.5 Å². The number of rotatable bonds is 34. The summed E-state index contributed by atoms with van der Waals surface area (Å²) in [5, 5.41) is 262. The Hall–Kier alpha value is -4.72. The van der Waals surface area contributed by atoms with E-state index in [1.54, 1.807) is 27.7 Å². The topological polar surface area (TPSA) is 721 Å². The molecular formula is C98H155NO46. The summed E-state index contributed by atoms with van der Waals surface area (Å²) < 4.78 is 116. The zero-order valence-electron chi connectivity index (χ0n) is 83.9. The molecule has 52 atom stereocenters. The predicted molar refractivity (Wildman–Crippen MR) is 488 cm³/mol. The molecule has 5 aliphatic carbocycles. The molecule has 0 radical (unpaired) electrons. The molecule has 4 saturated carbocycles. The van der Waals surface area contributed by atoms with Crippen LogP contribution in [0.15, 0.2) is 48.6 Å². The van der Waals surface area contributed by atoms with E-state index in [2.05, 4.69) is 52.2 Å². The Kier molecular flexibility index (Phi) is 36.2. The number of nitrogens with one attached hydrogen (secondary N) is 1. The van der Waals surface area contributed by atoms with Gasteiger partial charge in [-0.15, -0.1) is 13.2 Å². The van der Waals surface area contributed by atoms with Gasteiger partial charge in [0.15, 0.2) is 56.2 Å². The maximum atomic E-state index is 16.9. The zero-order chi connectivity index (χ0) is 106. The summed E-state index contributed by atoms with van der Waals surface area (Å²) in [7, 11) is 0. The highest BCUT2D eigenvalue weighted by atomic mass is 16.8. The summed E-state index contributed by atoms with van der Waals surface area (Å²) in [5.41, 5.74) is -8.80.